The quantitative estimate of drug-likeness (QED) is 0.360. The molecule has 1 saturated carbocycles. The second-order valence-corrected chi connectivity index (χ2v) is 20.5. The van der Waals surface area contributed by atoms with Crippen LogP contribution < -0.4 is 9.62 Å². The van der Waals surface area contributed by atoms with E-state index in [1.807, 2.05) is 37.6 Å². The first-order valence-electron chi connectivity index (χ1n) is 12.7. The van der Waals surface area contributed by atoms with Crippen molar-refractivity contribution in [1.29, 1.82) is 0 Å². The van der Waals surface area contributed by atoms with Crippen LogP contribution >= 0.6 is 15.9 Å². The van der Waals surface area contributed by atoms with E-state index in [2.05, 4.69) is 64.4 Å². The van der Waals surface area contributed by atoms with Crippen LogP contribution in [0.1, 0.15) is 67.2 Å². The maximum atomic E-state index is 13.3. The Hall–Kier alpha value is -0.653. The van der Waals surface area contributed by atoms with Crippen LogP contribution in [-0.4, -0.2) is 57.2 Å². The van der Waals surface area contributed by atoms with Gasteiger partial charge in [-0.1, -0.05) is 20.8 Å². The van der Waals surface area contributed by atoms with Gasteiger partial charge in [0.25, 0.3) is 0 Å². The molecule has 2 aliphatic rings. The van der Waals surface area contributed by atoms with Gasteiger partial charge in [0, 0.05) is 49.1 Å². The number of piperidine rings is 1. The Bertz CT molecular complexity index is 1050. The lowest BCUT2D eigenvalue weighted by atomic mass is 9.73. The van der Waals surface area contributed by atoms with E-state index in [0.717, 1.165) is 54.8 Å². The maximum absolute atomic E-state index is 13.3. The van der Waals surface area contributed by atoms with Crippen molar-refractivity contribution in [3.63, 3.8) is 0 Å². The third-order valence-electron chi connectivity index (χ3n) is 8.34. The Morgan fingerprint density at radius 1 is 1.20 bits per heavy atom. The van der Waals surface area contributed by atoms with E-state index >= 15 is 0 Å². The second kappa shape index (κ2) is 9.58. The molecule has 0 amide bonds. The van der Waals surface area contributed by atoms with Gasteiger partial charge in [0.15, 0.2) is 14.0 Å². The minimum Gasteiger partial charge on any atom is -0.598 e. The predicted molar refractivity (Wildman–Crippen MR) is 151 cm³/mol. The predicted octanol–water partition coefficient (Wildman–Crippen LogP) is 5.68. The van der Waals surface area contributed by atoms with E-state index in [-0.39, 0.29) is 27.3 Å². The van der Waals surface area contributed by atoms with E-state index in [1.54, 1.807) is 6.20 Å². The molecule has 3 unspecified atom stereocenters. The zero-order chi connectivity index (χ0) is 25.8. The highest BCUT2D eigenvalue weighted by molar-refractivity contribution is 9.10. The van der Waals surface area contributed by atoms with Gasteiger partial charge in [-0.25, -0.2) is 9.97 Å². The third kappa shape index (κ3) is 5.48. The first kappa shape index (κ1) is 27.4. The molecule has 2 aromatic rings. The molecule has 7 nitrogen and oxygen atoms in total. The zero-order valence-corrected chi connectivity index (χ0v) is 25.9. The summed E-state index contributed by atoms with van der Waals surface area (Å²) in [5.41, 5.74) is 0.940. The summed E-state index contributed by atoms with van der Waals surface area (Å²) < 4.78 is 26.3. The number of hydrogen-bond donors (Lipinski definition) is 1. The van der Waals surface area contributed by atoms with Gasteiger partial charge in [-0.2, -0.15) is 0 Å². The first-order chi connectivity index (χ1) is 16.1. The van der Waals surface area contributed by atoms with Crippen LogP contribution in [0.3, 0.4) is 0 Å². The van der Waals surface area contributed by atoms with Crippen LogP contribution in [0.2, 0.25) is 18.1 Å². The van der Waals surface area contributed by atoms with E-state index in [0.29, 0.717) is 0 Å². The minimum absolute atomic E-state index is 0.0772. The molecule has 1 spiro atoms. The Morgan fingerprint density at radius 2 is 1.91 bits per heavy atom. The van der Waals surface area contributed by atoms with Crippen molar-refractivity contribution in [2.75, 3.05) is 18.0 Å². The molecule has 1 aliphatic heterocycles. The lowest BCUT2D eigenvalue weighted by Gasteiger charge is -2.47. The lowest BCUT2D eigenvalue weighted by molar-refractivity contribution is 0.128. The number of aromatic nitrogens is 3. The van der Waals surface area contributed by atoms with Gasteiger partial charge in [-0.15, -0.1) is 4.72 Å². The van der Waals surface area contributed by atoms with Crippen LogP contribution in [0.15, 0.2) is 23.1 Å². The number of imidazole rings is 1. The smallest absolute Gasteiger partial charge is 0.211 e. The van der Waals surface area contributed by atoms with Gasteiger partial charge in [-0.3, -0.25) is 4.40 Å². The fourth-order valence-corrected chi connectivity index (χ4v) is 7.86. The Kier molecular flexibility index (Phi) is 7.50. The standard InChI is InChI=1S/C25H42BrN5O2SSi/c1-23(2,3)34(32)29-20-17-30(22-28-16-19(26)21-27-12-14-31(21)22)13-11-25(20)10-9-18(15-25)33-35(7,8)24(4,5)6/h12,14,16,18,20,29H,9-11,13,15,17H2,1-8H3/t18?,20?,25?,34-/m1/s1. The minimum atomic E-state index is -1.84. The highest BCUT2D eigenvalue weighted by atomic mass is 79.9. The number of fused-ring (bicyclic) bond motifs is 1. The Morgan fingerprint density at radius 3 is 2.57 bits per heavy atom. The average molecular weight is 585 g/mol. The van der Waals surface area contributed by atoms with Crippen molar-refractivity contribution in [2.45, 2.75) is 102 Å². The number of hydrogen-bond acceptors (Lipinski definition) is 6. The van der Waals surface area contributed by atoms with Crippen molar-refractivity contribution in [1.82, 2.24) is 19.1 Å². The average Bonchev–Trinajstić information content (AvgIpc) is 3.37. The summed E-state index contributed by atoms with van der Waals surface area (Å²) in [5.74, 6) is 0.885. The number of anilines is 1. The fourth-order valence-electron chi connectivity index (χ4n) is 5.14. The van der Waals surface area contributed by atoms with Crippen molar-refractivity contribution in [3.8, 4) is 0 Å². The molecule has 3 heterocycles. The maximum Gasteiger partial charge on any atom is 0.211 e. The van der Waals surface area contributed by atoms with Crippen LogP contribution in [-0.2, 0) is 15.8 Å². The van der Waals surface area contributed by atoms with Crippen LogP contribution in [0.5, 0.6) is 0 Å². The SMILES string of the molecule is CC(C)(C)[S@@+]([O-])NC1CN(c2ncc(Br)c3nccn23)CCC12CCC(O[Si](C)(C)C(C)(C)C)C2. The number of nitrogens with one attached hydrogen (secondary N) is 1. The number of rotatable bonds is 5. The summed E-state index contributed by atoms with van der Waals surface area (Å²) >= 11 is 2.41. The molecule has 2 fully saturated rings. The van der Waals surface area contributed by atoms with Crippen molar-refractivity contribution in [3.05, 3.63) is 23.1 Å². The molecular weight excluding hydrogens is 542 g/mol. The summed E-state index contributed by atoms with van der Waals surface area (Å²) in [7, 11) is -1.84. The molecule has 0 aromatic carbocycles. The molecule has 1 aliphatic carbocycles. The van der Waals surface area contributed by atoms with Gasteiger partial charge >= 0.3 is 0 Å². The van der Waals surface area contributed by atoms with Gasteiger partial charge in [-0.05, 0) is 85.9 Å². The molecular formula is C25H42BrN5O2SSi. The molecule has 10 heteroatoms. The van der Waals surface area contributed by atoms with Crippen molar-refractivity contribution >= 4 is 47.2 Å². The molecule has 35 heavy (non-hydrogen) atoms. The molecule has 4 atom stereocenters. The highest BCUT2D eigenvalue weighted by Gasteiger charge is 2.52. The van der Waals surface area contributed by atoms with E-state index in [9.17, 15) is 4.55 Å². The van der Waals surface area contributed by atoms with E-state index < -0.39 is 19.7 Å². The monoisotopic (exact) mass is 583 g/mol. The van der Waals surface area contributed by atoms with Gasteiger partial charge < -0.3 is 13.9 Å². The van der Waals surface area contributed by atoms with Crippen LogP contribution in [0, 0.1) is 5.41 Å². The molecule has 196 valence electrons. The Labute approximate surface area is 223 Å². The molecule has 0 bridgehead atoms. The first-order valence-corrected chi connectivity index (χ1v) is 17.6. The van der Waals surface area contributed by atoms with Crippen LogP contribution in [0.4, 0.5) is 5.95 Å². The van der Waals surface area contributed by atoms with E-state index in [4.69, 9.17) is 9.41 Å². The Balaban J connectivity index is 1.59. The normalized spacial score (nSPS) is 27.2. The van der Waals surface area contributed by atoms with Gasteiger partial charge in [0.2, 0.25) is 5.95 Å². The summed E-state index contributed by atoms with van der Waals surface area (Å²) in [6, 6.07) is 0.0911. The summed E-state index contributed by atoms with van der Waals surface area (Å²) in [4.78, 5) is 11.6. The van der Waals surface area contributed by atoms with Crippen molar-refractivity contribution in [2.24, 2.45) is 5.41 Å². The van der Waals surface area contributed by atoms with Crippen LogP contribution in [0.25, 0.3) is 5.65 Å². The fraction of sp³-hybridized carbons (Fsp3) is 0.760. The molecule has 2 aromatic heterocycles. The molecule has 1 N–H and O–H groups in total. The topological polar surface area (TPSA) is 77.8 Å². The molecule has 0 radical (unpaired) electrons. The second-order valence-electron chi connectivity index (χ2n) is 12.9. The number of nitrogens with zero attached hydrogens (tertiary/aromatic N) is 4. The highest BCUT2D eigenvalue weighted by Crippen LogP contribution is 2.50. The van der Waals surface area contributed by atoms with Crippen molar-refractivity contribution < 1.29 is 8.98 Å². The lowest BCUT2D eigenvalue weighted by Crippen LogP contribution is -2.60. The van der Waals surface area contributed by atoms with E-state index in [1.165, 1.54) is 0 Å². The number of halogens is 1. The largest absolute Gasteiger partial charge is 0.598 e. The van der Waals surface area contributed by atoms with Gasteiger partial charge in [0.1, 0.15) is 4.75 Å². The zero-order valence-electron chi connectivity index (χ0n) is 22.5. The summed E-state index contributed by atoms with van der Waals surface area (Å²) in [5, 5.41) is 0.195. The molecule has 4 rings (SSSR count). The third-order valence-corrected chi connectivity index (χ3v) is 15.0. The molecule has 1 saturated heterocycles. The van der Waals surface area contributed by atoms with Gasteiger partial charge in [0.05, 0.1) is 10.5 Å². The summed E-state index contributed by atoms with van der Waals surface area (Å²) in [6.45, 7) is 19.4. The summed E-state index contributed by atoms with van der Waals surface area (Å²) in [6.07, 6.45) is 10.1.